The number of ether oxygens (including phenoxy) is 2. The Morgan fingerprint density at radius 2 is 1.86 bits per heavy atom. The first kappa shape index (κ1) is 13.8. The number of hydrogen-bond acceptors (Lipinski definition) is 4. The molecule has 2 aromatic carbocycles. The molecule has 0 unspecified atom stereocenters. The molecule has 3 rings (SSSR count). The normalized spacial score (nSPS) is 10.6. The van der Waals surface area contributed by atoms with Gasteiger partial charge in [0.1, 0.15) is 6.20 Å². The van der Waals surface area contributed by atoms with Crippen LogP contribution in [0.25, 0.3) is 21.9 Å². The van der Waals surface area contributed by atoms with Gasteiger partial charge in [0.15, 0.2) is 0 Å². The molecule has 0 saturated carbocycles. The number of hydrogen-bond donors (Lipinski definition) is 0. The molecular formula is C16H12BrN2O2. The Balaban J connectivity index is 2.23. The zero-order valence-corrected chi connectivity index (χ0v) is 13.1. The van der Waals surface area contributed by atoms with Gasteiger partial charge in [-0.3, -0.25) is 0 Å². The molecule has 0 aliphatic carbocycles. The van der Waals surface area contributed by atoms with Crippen LogP contribution in [-0.2, 0) is 0 Å². The van der Waals surface area contributed by atoms with Crippen molar-refractivity contribution in [3.8, 4) is 23.0 Å². The van der Waals surface area contributed by atoms with Crippen LogP contribution in [-0.4, -0.2) is 24.2 Å². The molecule has 1 radical (unpaired) electrons. The first-order chi connectivity index (χ1) is 10.2. The lowest BCUT2D eigenvalue weighted by molar-refractivity contribution is 0.353. The van der Waals surface area contributed by atoms with Crippen molar-refractivity contribution in [2.45, 2.75) is 0 Å². The molecule has 1 aromatic heterocycles. The van der Waals surface area contributed by atoms with Crippen LogP contribution in [0.3, 0.4) is 0 Å². The Morgan fingerprint density at radius 1 is 1.05 bits per heavy atom. The van der Waals surface area contributed by atoms with Crippen molar-refractivity contribution in [1.29, 1.82) is 0 Å². The molecule has 5 heteroatoms. The molecule has 0 fully saturated rings. The van der Waals surface area contributed by atoms with Gasteiger partial charge in [-0.1, -0.05) is 36.4 Å². The summed E-state index contributed by atoms with van der Waals surface area (Å²) in [5.74, 6) is 0.429. The number of benzene rings is 2. The van der Waals surface area contributed by atoms with Gasteiger partial charge < -0.3 is 9.47 Å². The average Bonchev–Trinajstić information content (AvgIpc) is 2.55. The van der Waals surface area contributed by atoms with E-state index in [2.05, 4.69) is 44.2 Å². The summed E-state index contributed by atoms with van der Waals surface area (Å²) in [4.78, 5) is 8.24. The molecule has 0 aliphatic rings. The smallest absolute Gasteiger partial charge is 0.320 e. The van der Waals surface area contributed by atoms with Gasteiger partial charge in [-0.2, -0.15) is 9.97 Å². The number of nitrogens with zero attached hydrogens (tertiary/aromatic N) is 2. The molecule has 1 heterocycles. The topological polar surface area (TPSA) is 44.2 Å². The molecule has 0 atom stereocenters. The maximum atomic E-state index is 5.33. The highest BCUT2D eigenvalue weighted by molar-refractivity contribution is 9.10. The van der Waals surface area contributed by atoms with E-state index in [1.807, 2.05) is 24.3 Å². The summed E-state index contributed by atoms with van der Waals surface area (Å²) in [6.45, 7) is 0. The Morgan fingerprint density at radius 3 is 2.62 bits per heavy atom. The molecule has 0 bridgehead atoms. The van der Waals surface area contributed by atoms with E-state index in [1.165, 1.54) is 7.11 Å². The molecule has 0 N–H and O–H groups in total. The average molecular weight is 344 g/mol. The fraction of sp³-hybridized carbons (Fsp3) is 0.125. The first-order valence-electron chi connectivity index (χ1n) is 6.30. The zero-order valence-electron chi connectivity index (χ0n) is 11.6. The van der Waals surface area contributed by atoms with Gasteiger partial charge >= 0.3 is 6.01 Å². The van der Waals surface area contributed by atoms with Crippen LogP contribution in [0.15, 0.2) is 40.9 Å². The van der Waals surface area contributed by atoms with E-state index in [0.717, 1.165) is 20.8 Å². The van der Waals surface area contributed by atoms with Crippen LogP contribution in [0.1, 0.15) is 0 Å². The maximum absolute atomic E-state index is 5.33. The second-order valence-corrected chi connectivity index (χ2v) is 5.15. The predicted molar refractivity (Wildman–Crippen MR) is 84.6 cm³/mol. The summed E-state index contributed by atoms with van der Waals surface area (Å²) in [7, 11) is 3.07. The number of aromatic nitrogens is 2. The first-order valence-corrected chi connectivity index (χ1v) is 7.09. The highest BCUT2D eigenvalue weighted by Crippen LogP contribution is 2.37. The summed E-state index contributed by atoms with van der Waals surface area (Å²) >= 11 is 3.66. The van der Waals surface area contributed by atoms with Gasteiger partial charge in [0.2, 0.25) is 5.88 Å². The Bertz CT molecular complexity index is 805. The van der Waals surface area contributed by atoms with Crippen LogP contribution in [0.4, 0.5) is 0 Å². The van der Waals surface area contributed by atoms with Crippen molar-refractivity contribution in [1.82, 2.24) is 9.97 Å². The minimum atomic E-state index is 0.229. The van der Waals surface area contributed by atoms with Crippen molar-refractivity contribution < 1.29 is 9.47 Å². The SMILES string of the molecule is COc1n[c]c(-c2ccc3ccccc3c2Br)c(OC)n1. The van der Waals surface area contributed by atoms with Crippen LogP contribution < -0.4 is 9.47 Å². The van der Waals surface area contributed by atoms with Gasteiger partial charge in [0.05, 0.1) is 19.8 Å². The lowest BCUT2D eigenvalue weighted by Crippen LogP contribution is -1.98. The Labute approximate surface area is 130 Å². The third-order valence-electron chi connectivity index (χ3n) is 3.18. The highest BCUT2D eigenvalue weighted by Gasteiger charge is 2.15. The summed E-state index contributed by atoms with van der Waals surface area (Å²) in [5.41, 5.74) is 1.61. The van der Waals surface area contributed by atoms with Crippen molar-refractivity contribution >= 4 is 26.7 Å². The van der Waals surface area contributed by atoms with Crippen LogP contribution in [0, 0.1) is 6.20 Å². The minimum absolute atomic E-state index is 0.229. The molecule has 4 nitrogen and oxygen atoms in total. The Hall–Kier alpha value is -2.14. The fourth-order valence-electron chi connectivity index (χ4n) is 2.16. The van der Waals surface area contributed by atoms with E-state index in [4.69, 9.17) is 9.47 Å². The minimum Gasteiger partial charge on any atom is -0.480 e. The van der Waals surface area contributed by atoms with E-state index < -0.39 is 0 Å². The summed E-state index contributed by atoms with van der Waals surface area (Å²) in [6, 6.07) is 12.4. The second kappa shape index (κ2) is 5.69. The van der Waals surface area contributed by atoms with Gasteiger partial charge in [0, 0.05) is 10.0 Å². The van der Waals surface area contributed by atoms with Gasteiger partial charge in [0.25, 0.3) is 0 Å². The van der Waals surface area contributed by atoms with Crippen molar-refractivity contribution in [3.63, 3.8) is 0 Å². The van der Waals surface area contributed by atoms with E-state index in [-0.39, 0.29) is 6.01 Å². The van der Waals surface area contributed by atoms with Crippen molar-refractivity contribution in [3.05, 3.63) is 47.1 Å². The fourth-order valence-corrected chi connectivity index (χ4v) is 2.85. The zero-order chi connectivity index (χ0) is 14.8. The summed E-state index contributed by atoms with van der Waals surface area (Å²) in [6.07, 6.45) is 2.94. The quantitative estimate of drug-likeness (QED) is 0.723. The van der Waals surface area contributed by atoms with Gasteiger partial charge in [-0.05, 0) is 26.7 Å². The van der Waals surface area contributed by atoms with Gasteiger partial charge in [-0.25, -0.2) is 0 Å². The number of fused-ring (bicyclic) bond motifs is 1. The van der Waals surface area contributed by atoms with E-state index in [0.29, 0.717) is 11.4 Å². The lowest BCUT2D eigenvalue weighted by Gasteiger charge is -2.11. The number of halogens is 1. The predicted octanol–water partition coefficient (Wildman–Crippen LogP) is 3.88. The molecule has 0 saturated heterocycles. The summed E-state index contributed by atoms with van der Waals surface area (Å²) in [5, 5.41) is 2.27. The second-order valence-electron chi connectivity index (χ2n) is 4.35. The van der Waals surface area contributed by atoms with Crippen LogP contribution in [0.5, 0.6) is 11.9 Å². The van der Waals surface area contributed by atoms with Crippen molar-refractivity contribution in [2.24, 2.45) is 0 Å². The molecule has 3 aromatic rings. The summed E-state index contributed by atoms with van der Waals surface area (Å²) < 4.78 is 11.3. The molecule has 0 spiro atoms. The number of methoxy groups -OCH3 is 2. The Kier molecular flexibility index (Phi) is 3.75. The standard InChI is InChI=1S/C16H12BrN2O2/c1-20-15-13(9-18-16(19-15)21-2)12-8-7-10-5-3-4-6-11(10)14(12)17/h3-8H,1-2H3. The molecular weight excluding hydrogens is 332 g/mol. The number of rotatable bonds is 3. The molecule has 0 aliphatic heterocycles. The van der Waals surface area contributed by atoms with Crippen molar-refractivity contribution in [2.75, 3.05) is 14.2 Å². The monoisotopic (exact) mass is 343 g/mol. The third-order valence-corrected chi connectivity index (χ3v) is 4.04. The molecule has 105 valence electrons. The van der Waals surface area contributed by atoms with E-state index >= 15 is 0 Å². The van der Waals surface area contributed by atoms with Crippen LogP contribution in [0.2, 0.25) is 0 Å². The maximum Gasteiger partial charge on any atom is 0.320 e. The molecule has 21 heavy (non-hydrogen) atoms. The van der Waals surface area contributed by atoms with Gasteiger partial charge in [-0.15, -0.1) is 0 Å². The van der Waals surface area contributed by atoms with E-state index in [1.54, 1.807) is 7.11 Å². The molecule has 0 amide bonds. The largest absolute Gasteiger partial charge is 0.480 e. The highest BCUT2D eigenvalue weighted by atomic mass is 79.9. The van der Waals surface area contributed by atoms with E-state index in [9.17, 15) is 0 Å². The lowest BCUT2D eigenvalue weighted by atomic mass is 10.0. The third kappa shape index (κ3) is 2.45. The van der Waals surface area contributed by atoms with Crippen LogP contribution >= 0.6 is 15.9 Å².